The molecule has 0 bridgehead atoms. The van der Waals surface area contributed by atoms with Gasteiger partial charge in [-0.05, 0) is 5.41 Å². The van der Waals surface area contributed by atoms with Gasteiger partial charge in [0, 0.05) is 18.8 Å². The number of aromatic nitrogens is 1. The van der Waals surface area contributed by atoms with Gasteiger partial charge in [-0.25, -0.2) is 0 Å². The number of alkyl halides is 3. The summed E-state index contributed by atoms with van der Waals surface area (Å²) in [4.78, 5) is 0. The SMILES string of the molecule is Cn1cc(C(F)(F)F)c(C(C)(C)C)c1Cl. The number of rotatable bonds is 0. The van der Waals surface area contributed by atoms with Gasteiger partial charge in [0.2, 0.25) is 0 Å². The van der Waals surface area contributed by atoms with Crippen molar-refractivity contribution in [3.8, 4) is 0 Å². The summed E-state index contributed by atoms with van der Waals surface area (Å²) in [5.74, 6) is 0. The molecule has 0 radical (unpaired) electrons. The second kappa shape index (κ2) is 3.44. The first kappa shape index (κ1) is 12.4. The Bertz CT molecular complexity index is 371. The molecule has 0 aliphatic rings. The number of halogens is 4. The average Bonchev–Trinajstić information content (AvgIpc) is 2.25. The monoisotopic (exact) mass is 239 g/mol. The van der Waals surface area contributed by atoms with Crippen molar-refractivity contribution in [3.05, 3.63) is 22.5 Å². The number of aryl methyl sites for hydroxylation is 1. The Morgan fingerprint density at radius 3 is 1.93 bits per heavy atom. The van der Waals surface area contributed by atoms with E-state index in [4.69, 9.17) is 11.6 Å². The van der Waals surface area contributed by atoms with Gasteiger partial charge in [-0.1, -0.05) is 32.4 Å². The maximum atomic E-state index is 12.7. The van der Waals surface area contributed by atoms with Crippen molar-refractivity contribution in [2.24, 2.45) is 7.05 Å². The summed E-state index contributed by atoms with van der Waals surface area (Å²) in [6.07, 6.45) is -3.32. The third-order valence-corrected chi connectivity index (χ3v) is 2.62. The van der Waals surface area contributed by atoms with Crippen LogP contribution in [0.4, 0.5) is 13.2 Å². The highest BCUT2D eigenvalue weighted by molar-refractivity contribution is 6.30. The second-order valence-electron chi connectivity index (χ2n) is 4.57. The molecule has 0 spiro atoms. The van der Waals surface area contributed by atoms with Gasteiger partial charge in [-0.15, -0.1) is 0 Å². The molecule has 5 heteroatoms. The predicted molar refractivity (Wildman–Crippen MR) is 54.1 cm³/mol. The van der Waals surface area contributed by atoms with Gasteiger partial charge in [-0.3, -0.25) is 0 Å². The summed E-state index contributed by atoms with van der Waals surface area (Å²) in [5.41, 5.74) is -1.12. The number of nitrogens with zero attached hydrogens (tertiary/aromatic N) is 1. The summed E-state index contributed by atoms with van der Waals surface area (Å²) in [6.45, 7) is 5.14. The van der Waals surface area contributed by atoms with Crippen LogP contribution in [0.3, 0.4) is 0 Å². The Morgan fingerprint density at radius 2 is 1.67 bits per heavy atom. The molecule has 15 heavy (non-hydrogen) atoms. The van der Waals surface area contributed by atoms with E-state index in [0.29, 0.717) is 0 Å². The Labute approximate surface area is 91.8 Å². The lowest BCUT2D eigenvalue weighted by Gasteiger charge is -2.21. The molecule has 86 valence electrons. The van der Waals surface area contributed by atoms with Crippen LogP contribution in [0.5, 0.6) is 0 Å². The predicted octanol–water partition coefficient (Wildman–Crippen LogP) is 3.99. The second-order valence-corrected chi connectivity index (χ2v) is 4.93. The zero-order valence-electron chi connectivity index (χ0n) is 9.04. The first-order chi connectivity index (χ1) is 6.55. The summed E-state index contributed by atoms with van der Waals surface area (Å²) >= 11 is 5.87. The highest BCUT2D eigenvalue weighted by Crippen LogP contribution is 2.41. The van der Waals surface area contributed by atoms with Crippen molar-refractivity contribution in [1.82, 2.24) is 4.57 Å². The van der Waals surface area contributed by atoms with E-state index in [-0.39, 0.29) is 10.7 Å². The molecule has 1 aromatic rings. The molecule has 1 heterocycles. The minimum atomic E-state index is -4.35. The maximum absolute atomic E-state index is 12.7. The van der Waals surface area contributed by atoms with E-state index < -0.39 is 17.2 Å². The zero-order valence-corrected chi connectivity index (χ0v) is 9.79. The lowest BCUT2D eigenvalue weighted by molar-refractivity contribution is -0.138. The average molecular weight is 240 g/mol. The molecule has 0 saturated carbocycles. The van der Waals surface area contributed by atoms with Crippen molar-refractivity contribution in [1.29, 1.82) is 0 Å². The largest absolute Gasteiger partial charge is 0.418 e. The van der Waals surface area contributed by atoms with Crippen molar-refractivity contribution in [2.45, 2.75) is 32.4 Å². The number of hydrogen-bond acceptors (Lipinski definition) is 0. The molecular formula is C10H13ClF3N. The minimum absolute atomic E-state index is 0.148. The van der Waals surface area contributed by atoms with Crippen LogP contribution in [0.1, 0.15) is 31.9 Å². The highest BCUT2D eigenvalue weighted by Gasteiger charge is 2.39. The van der Waals surface area contributed by atoms with Gasteiger partial charge in [-0.2, -0.15) is 13.2 Å². The minimum Gasteiger partial charge on any atom is -0.341 e. The highest BCUT2D eigenvalue weighted by atomic mass is 35.5. The summed E-state index contributed by atoms with van der Waals surface area (Å²) in [6, 6.07) is 0. The molecule has 0 aliphatic carbocycles. The summed E-state index contributed by atoms with van der Waals surface area (Å²) in [7, 11) is 1.51. The van der Waals surface area contributed by atoms with Crippen LogP contribution >= 0.6 is 11.6 Å². The van der Waals surface area contributed by atoms with Crippen molar-refractivity contribution >= 4 is 11.6 Å². The maximum Gasteiger partial charge on any atom is 0.418 e. The number of hydrogen-bond donors (Lipinski definition) is 0. The van der Waals surface area contributed by atoms with Gasteiger partial charge < -0.3 is 4.57 Å². The third-order valence-electron chi connectivity index (χ3n) is 2.16. The summed E-state index contributed by atoms with van der Waals surface area (Å²) in [5, 5.41) is 0.148. The van der Waals surface area contributed by atoms with E-state index in [1.54, 1.807) is 20.8 Å². The standard InChI is InChI=1S/C10H13ClF3N/c1-9(2,3)7-6(10(12,13)14)5-15(4)8(7)11/h5H,1-4H3. The molecule has 0 unspecified atom stereocenters. The van der Waals surface area contributed by atoms with E-state index in [2.05, 4.69) is 0 Å². The van der Waals surface area contributed by atoms with E-state index in [9.17, 15) is 13.2 Å². The Morgan fingerprint density at radius 1 is 1.20 bits per heavy atom. The van der Waals surface area contributed by atoms with Crippen LogP contribution in [0.25, 0.3) is 0 Å². The smallest absolute Gasteiger partial charge is 0.341 e. The van der Waals surface area contributed by atoms with Gasteiger partial charge in [0.1, 0.15) is 5.15 Å². The fraction of sp³-hybridized carbons (Fsp3) is 0.600. The topological polar surface area (TPSA) is 4.93 Å². The van der Waals surface area contributed by atoms with E-state index in [1.165, 1.54) is 11.6 Å². The lowest BCUT2D eigenvalue weighted by atomic mass is 9.86. The molecule has 0 amide bonds. The zero-order chi connectivity index (χ0) is 12.0. The summed E-state index contributed by atoms with van der Waals surface area (Å²) < 4.78 is 39.4. The van der Waals surface area contributed by atoms with Crippen molar-refractivity contribution in [2.75, 3.05) is 0 Å². The lowest BCUT2D eigenvalue weighted by Crippen LogP contribution is -2.17. The molecule has 0 atom stereocenters. The molecule has 0 aliphatic heterocycles. The van der Waals surface area contributed by atoms with E-state index in [1.807, 2.05) is 0 Å². The van der Waals surface area contributed by atoms with Crippen LogP contribution < -0.4 is 0 Å². The molecule has 0 fully saturated rings. The Hall–Kier alpha value is -0.640. The Kier molecular flexibility index (Phi) is 2.85. The molecule has 0 N–H and O–H groups in total. The van der Waals surface area contributed by atoms with Gasteiger partial charge in [0.15, 0.2) is 0 Å². The first-order valence-corrected chi connectivity index (χ1v) is 4.85. The van der Waals surface area contributed by atoms with Crippen LogP contribution in [0.2, 0.25) is 5.15 Å². The molecule has 1 aromatic heterocycles. The third kappa shape index (κ3) is 2.30. The van der Waals surface area contributed by atoms with Gasteiger partial charge in [0.05, 0.1) is 5.56 Å². The van der Waals surface area contributed by atoms with Crippen LogP contribution in [0.15, 0.2) is 6.20 Å². The molecular weight excluding hydrogens is 227 g/mol. The van der Waals surface area contributed by atoms with E-state index >= 15 is 0 Å². The quantitative estimate of drug-likeness (QED) is 0.645. The molecule has 1 nitrogen and oxygen atoms in total. The van der Waals surface area contributed by atoms with Crippen molar-refractivity contribution in [3.63, 3.8) is 0 Å². The first-order valence-electron chi connectivity index (χ1n) is 4.47. The van der Waals surface area contributed by atoms with E-state index in [0.717, 1.165) is 6.20 Å². The molecule has 0 saturated heterocycles. The molecule has 0 aromatic carbocycles. The van der Waals surface area contributed by atoms with Crippen LogP contribution in [-0.4, -0.2) is 4.57 Å². The van der Waals surface area contributed by atoms with Crippen LogP contribution in [-0.2, 0) is 18.6 Å². The van der Waals surface area contributed by atoms with Gasteiger partial charge >= 0.3 is 6.18 Å². The fourth-order valence-electron chi connectivity index (χ4n) is 1.53. The normalized spacial score (nSPS) is 13.3. The van der Waals surface area contributed by atoms with Gasteiger partial charge in [0.25, 0.3) is 0 Å². The molecule has 1 rings (SSSR count). The Balaban J connectivity index is 3.48. The van der Waals surface area contributed by atoms with Crippen LogP contribution in [0, 0.1) is 0 Å². The van der Waals surface area contributed by atoms with Crippen molar-refractivity contribution < 1.29 is 13.2 Å². The fourth-order valence-corrected chi connectivity index (χ4v) is 1.96.